The average Bonchev–Trinajstić information content (AvgIpc) is 2.29. The molecule has 1 aromatic carbocycles. The maximum atomic E-state index is 9.23. The lowest BCUT2D eigenvalue weighted by Crippen LogP contribution is -2.27. The molecule has 1 aromatic rings. The molecule has 0 saturated heterocycles. The van der Waals surface area contributed by atoms with Gasteiger partial charge in [0.25, 0.3) is 0 Å². The molecule has 2 rings (SSSR count). The summed E-state index contributed by atoms with van der Waals surface area (Å²) in [6.07, 6.45) is 1.80. The van der Waals surface area contributed by atoms with Crippen molar-refractivity contribution in [1.82, 2.24) is 5.32 Å². The van der Waals surface area contributed by atoms with E-state index in [0.717, 1.165) is 13.0 Å². The van der Waals surface area contributed by atoms with Gasteiger partial charge in [-0.3, -0.25) is 0 Å². The van der Waals surface area contributed by atoms with E-state index in [0.29, 0.717) is 6.04 Å². The van der Waals surface area contributed by atoms with E-state index in [2.05, 4.69) is 29.6 Å². The molecule has 1 heterocycles. The highest BCUT2D eigenvalue weighted by molar-refractivity contribution is 7.99. The number of nitrogens with one attached hydrogen (secondary N) is 1. The zero-order valence-corrected chi connectivity index (χ0v) is 10.5. The summed E-state index contributed by atoms with van der Waals surface area (Å²) in [5.41, 5.74) is 1.42. The second-order valence-electron chi connectivity index (χ2n) is 4.32. The van der Waals surface area contributed by atoms with Gasteiger partial charge in [0.1, 0.15) is 0 Å². The Bertz CT molecular complexity index is 340. The van der Waals surface area contributed by atoms with Gasteiger partial charge < -0.3 is 10.4 Å². The number of thioether (sulfide) groups is 1. The Morgan fingerprint density at radius 1 is 1.50 bits per heavy atom. The van der Waals surface area contributed by atoms with E-state index in [-0.39, 0.29) is 6.10 Å². The molecule has 0 aliphatic carbocycles. The molecule has 88 valence electrons. The Hall–Kier alpha value is -0.510. The number of hydrogen-bond acceptors (Lipinski definition) is 3. The Balaban J connectivity index is 1.96. The van der Waals surface area contributed by atoms with Crippen molar-refractivity contribution in [3.05, 3.63) is 29.8 Å². The molecule has 0 bridgehead atoms. The maximum Gasteiger partial charge on any atom is 0.0524 e. The summed E-state index contributed by atoms with van der Waals surface area (Å²) in [6.45, 7) is 2.73. The van der Waals surface area contributed by atoms with Crippen molar-refractivity contribution < 1.29 is 5.11 Å². The molecule has 0 saturated carbocycles. The fourth-order valence-electron chi connectivity index (χ4n) is 2.02. The quantitative estimate of drug-likeness (QED) is 0.844. The molecule has 16 heavy (non-hydrogen) atoms. The maximum absolute atomic E-state index is 9.23. The van der Waals surface area contributed by atoms with E-state index in [4.69, 9.17) is 0 Å². The van der Waals surface area contributed by atoms with Crippen LogP contribution in [0.15, 0.2) is 29.2 Å². The first-order valence-corrected chi connectivity index (χ1v) is 6.89. The summed E-state index contributed by atoms with van der Waals surface area (Å²) in [7, 11) is 0. The molecule has 2 N–H and O–H groups in total. The molecule has 0 fully saturated rings. The Labute approximate surface area is 101 Å². The summed E-state index contributed by atoms with van der Waals surface area (Å²) in [6, 6.07) is 9.08. The molecule has 0 aromatic heterocycles. The van der Waals surface area contributed by atoms with Crippen LogP contribution in [0.4, 0.5) is 0 Å². The lowest BCUT2D eigenvalue weighted by molar-refractivity contribution is 0.182. The van der Waals surface area contributed by atoms with Crippen LogP contribution in [0.2, 0.25) is 0 Å². The van der Waals surface area contributed by atoms with Crippen molar-refractivity contribution >= 4 is 11.8 Å². The lowest BCUT2D eigenvalue weighted by atomic mass is 10.0. The predicted molar refractivity (Wildman–Crippen MR) is 68.8 cm³/mol. The highest BCUT2D eigenvalue weighted by Crippen LogP contribution is 2.35. The summed E-state index contributed by atoms with van der Waals surface area (Å²) in [5.74, 6) is 1.18. The van der Waals surface area contributed by atoms with Crippen LogP contribution in [0.1, 0.15) is 31.4 Å². The third kappa shape index (κ3) is 3.00. The molecule has 2 unspecified atom stereocenters. The smallest absolute Gasteiger partial charge is 0.0524 e. The minimum atomic E-state index is -0.208. The zero-order chi connectivity index (χ0) is 11.4. The molecular weight excluding hydrogens is 218 g/mol. The third-order valence-electron chi connectivity index (χ3n) is 2.91. The first kappa shape index (κ1) is 12.0. The SMILES string of the molecule is CC(O)CCNC1CCSc2ccccc21. The van der Waals surface area contributed by atoms with Gasteiger partial charge >= 0.3 is 0 Å². The predicted octanol–water partition coefficient (Wildman–Crippen LogP) is 2.58. The largest absolute Gasteiger partial charge is 0.393 e. The number of benzene rings is 1. The molecule has 1 aliphatic rings. The van der Waals surface area contributed by atoms with Crippen molar-refractivity contribution in [3.8, 4) is 0 Å². The molecule has 0 amide bonds. The molecule has 3 heteroatoms. The van der Waals surface area contributed by atoms with Crippen LogP contribution in [0.5, 0.6) is 0 Å². The van der Waals surface area contributed by atoms with Crippen LogP contribution >= 0.6 is 11.8 Å². The fourth-order valence-corrected chi connectivity index (χ4v) is 3.15. The minimum Gasteiger partial charge on any atom is -0.393 e. The van der Waals surface area contributed by atoms with Gasteiger partial charge in [-0.05, 0) is 43.7 Å². The van der Waals surface area contributed by atoms with E-state index in [1.165, 1.54) is 22.6 Å². The number of rotatable bonds is 4. The topological polar surface area (TPSA) is 32.3 Å². The van der Waals surface area contributed by atoms with Gasteiger partial charge in [-0.1, -0.05) is 18.2 Å². The van der Waals surface area contributed by atoms with Gasteiger partial charge in [-0.2, -0.15) is 0 Å². The molecule has 0 spiro atoms. The number of aliphatic hydroxyl groups is 1. The molecule has 1 aliphatic heterocycles. The van der Waals surface area contributed by atoms with E-state index in [1.54, 1.807) is 0 Å². The van der Waals surface area contributed by atoms with E-state index < -0.39 is 0 Å². The monoisotopic (exact) mass is 237 g/mol. The van der Waals surface area contributed by atoms with E-state index in [1.807, 2.05) is 18.7 Å². The van der Waals surface area contributed by atoms with E-state index >= 15 is 0 Å². The molecular formula is C13H19NOS. The molecule has 0 radical (unpaired) electrons. The van der Waals surface area contributed by atoms with E-state index in [9.17, 15) is 5.11 Å². The average molecular weight is 237 g/mol. The van der Waals surface area contributed by atoms with Crippen molar-refractivity contribution in [2.24, 2.45) is 0 Å². The van der Waals surface area contributed by atoms with Gasteiger partial charge in [0.2, 0.25) is 0 Å². The fraction of sp³-hybridized carbons (Fsp3) is 0.538. The standard InChI is InChI=1S/C13H19NOS/c1-10(15)6-8-14-12-7-9-16-13-5-3-2-4-11(12)13/h2-5,10,12,14-15H,6-9H2,1H3. The summed E-state index contributed by atoms with van der Waals surface area (Å²) >= 11 is 1.94. The van der Waals surface area contributed by atoms with Gasteiger partial charge in [0.05, 0.1) is 6.10 Å². The number of aliphatic hydroxyl groups excluding tert-OH is 1. The second kappa shape index (κ2) is 5.71. The van der Waals surface area contributed by atoms with Crippen LogP contribution in [-0.2, 0) is 0 Å². The second-order valence-corrected chi connectivity index (χ2v) is 5.46. The third-order valence-corrected chi connectivity index (χ3v) is 4.03. The molecule has 2 nitrogen and oxygen atoms in total. The Morgan fingerprint density at radius 2 is 2.31 bits per heavy atom. The van der Waals surface area contributed by atoms with Gasteiger partial charge in [0, 0.05) is 10.9 Å². The van der Waals surface area contributed by atoms with Crippen LogP contribution in [0, 0.1) is 0 Å². The highest BCUT2D eigenvalue weighted by Gasteiger charge is 2.19. The Morgan fingerprint density at radius 3 is 3.12 bits per heavy atom. The van der Waals surface area contributed by atoms with Crippen LogP contribution < -0.4 is 5.32 Å². The lowest BCUT2D eigenvalue weighted by Gasteiger charge is -2.26. The van der Waals surface area contributed by atoms with Crippen LogP contribution in [-0.4, -0.2) is 23.5 Å². The summed E-state index contributed by atoms with van der Waals surface area (Å²) in [5, 5.41) is 12.8. The number of hydrogen-bond donors (Lipinski definition) is 2. The van der Waals surface area contributed by atoms with Crippen molar-refractivity contribution in [2.45, 2.75) is 36.8 Å². The highest BCUT2D eigenvalue weighted by atomic mass is 32.2. The first-order valence-electron chi connectivity index (χ1n) is 5.90. The van der Waals surface area contributed by atoms with Crippen molar-refractivity contribution in [2.75, 3.05) is 12.3 Å². The summed E-state index contributed by atoms with van der Waals surface area (Å²) in [4.78, 5) is 1.41. The minimum absolute atomic E-state index is 0.208. The first-order chi connectivity index (χ1) is 7.77. The number of fused-ring (bicyclic) bond motifs is 1. The van der Waals surface area contributed by atoms with Crippen molar-refractivity contribution in [1.29, 1.82) is 0 Å². The van der Waals surface area contributed by atoms with Gasteiger partial charge in [-0.15, -0.1) is 11.8 Å². The normalized spacial score (nSPS) is 21.5. The Kier molecular flexibility index (Phi) is 4.27. The van der Waals surface area contributed by atoms with Crippen LogP contribution in [0.3, 0.4) is 0 Å². The van der Waals surface area contributed by atoms with Gasteiger partial charge in [0.15, 0.2) is 0 Å². The van der Waals surface area contributed by atoms with Crippen LogP contribution in [0.25, 0.3) is 0 Å². The summed E-state index contributed by atoms with van der Waals surface area (Å²) < 4.78 is 0. The molecule has 2 atom stereocenters. The zero-order valence-electron chi connectivity index (χ0n) is 9.65. The van der Waals surface area contributed by atoms with Gasteiger partial charge in [-0.25, -0.2) is 0 Å². The van der Waals surface area contributed by atoms with Crippen molar-refractivity contribution in [3.63, 3.8) is 0 Å².